The molecule has 3 aromatic rings. The van der Waals surface area contributed by atoms with Crippen molar-refractivity contribution >= 4 is 28.3 Å². The van der Waals surface area contributed by atoms with Crippen molar-refractivity contribution in [3.63, 3.8) is 0 Å². The summed E-state index contributed by atoms with van der Waals surface area (Å²) in [5.41, 5.74) is 3.59. The smallest absolute Gasteiger partial charge is 0.113 e. The molecule has 0 bridgehead atoms. The van der Waals surface area contributed by atoms with Crippen LogP contribution in [0.4, 0.5) is 0 Å². The molecule has 0 fully saturated rings. The van der Waals surface area contributed by atoms with Crippen LogP contribution in [0.15, 0.2) is 53.6 Å². The average Bonchev–Trinajstić information content (AvgIpc) is 2.87. The number of nitrogens with one attached hydrogen (secondary N) is 1. The molecular formula is C15H13ClN4. The Labute approximate surface area is 121 Å². The standard InChI is InChI=1S/C15H13ClN4/c16-11-5-3-4-10(8-11)14(20-17)9-15-18-12-6-1-2-7-13(12)19-15/h1-8H,9,17H2,(H,18,19). The number of rotatable bonds is 3. The third kappa shape index (κ3) is 2.51. The third-order valence-corrected chi connectivity index (χ3v) is 3.32. The molecule has 3 N–H and O–H groups in total. The molecule has 100 valence electrons. The number of nitrogens with two attached hydrogens (primary N) is 1. The Balaban J connectivity index is 1.92. The zero-order chi connectivity index (χ0) is 13.9. The Bertz CT molecular complexity index is 743. The maximum atomic E-state index is 5.99. The van der Waals surface area contributed by atoms with E-state index in [2.05, 4.69) is 15.1 Å². The monoisotopic (exact) mass is 284 g/mol. The molecular weight excluding hydrogens is 272 g/mol. The van der Waals surface area contributed by atoms with Crippen molar-refractivity contribution in [2.75, 3.05) is 0 Å². The van der Waals surface area contributed by atoms with Gasteiger partial charge >= 0.3 is 0 Å². The summed E-state index contributed by atoms with van der Waals surface area (Å²) in [6.45, 7) is 0. The maximum absolute atomic E-state index is 5.99. The van der Waals surface area contributed by atoms with Gasteiger partial charge in [0.15, 0.2) is 0 Å². The first-order chi connectivity index (χ1) is 9.76. The number of benzene rings is 2. The first-order valence-corrected chi connectivity index (χ1v) is 6.60. The number of fused-ring (bicyclic) bond motifs is 1. The summed E-state index contributed by atoms with van der Waals surface area (Å²) in [6.07, 6.45) is 0.533. The highest BCUT2D eigenvalue weighted by Gasteiger charge is 2.09. The molecule has 0 spiro atoms. The molecule has 0 atom stereocenters. The van der Waals surface area contributed by atoms with Gasteiger partial charge in [0.05, 0.1) is 23.2 Å². The van der Waals surface area contributed by atoms with Crippen LogP contribution in [0.1, 0.15) is 11.4 Å². The summed E-state index contributed by atoms with van der Waals surface area (Å²) in [5, 5.41) is 4.52. The van der Waals surface area contributed by atoms with E-state index < -0.39 is 0 Å². The van der Waals surface area contributed by atoms with Crippen molar-refractivity contribution in [2.24, 2.45) is 10.9 Å². The molecule has 4 nitrogen and oxygen atoms in total. The van der Waals surface area contributed by atoms with Crippen LogP contribution in [0, 0.1) is 0 Å². The Kier molecular flexibility index (Phi) is 3.39. The quantitative estimate of drug-likeness (QED) is 0.441. The fourth-order valence-corrected chi connectivity index (χ4v) is 2.33. The summed E-state index contributed by atoms with van der Waals surface area (Å²) in [7, 11) is 0. The number of para-hydroxylation sites is 2. The first-order valence-electron chi connectivity index (χ1n) is 6.22. The average molecular weight is 285 g/mol. The number of H-pyrrole nitrogens is 1. The minimum Gasteiger partial charge on any atom is -0.342 e. The van der Waals surface area contributed by atoms with Crippen molar-refractivity contribution in [3.8, 4) is 0 Å². The number of aromatic nitrogens is 2. The summed E-state index contributed by atoms with van der Waals surface area (Å²) < 4.78 is 0. The maximum Gasteiger partial charge on any atom is 0.113 e. The number of hydrogen-bond donors (Lipinski definition) is 2. The lowest BCUT2D eigenvalue weighted by atomic mass is 10.1. The molecule has 0 aliphatic heterocycles. The molecule has 0 aliphatic carbocycles. The van der Waals surface area contributed by atoms with E-state index in [1.165, 1.54) is 0 Å². The van der Waals surface area contributed by atoms with E-state index in [0.717, 1.165) is 28.1 Å². The fourth-order valence-electron chi connectivity index (χ4n) is 2.14. The van der Waals surface area contributed by atoms with E-state index in [1.807, 2.05) is 48.5 Å². The lowest BCUT2D eigenvalue weighted by Gasteiger charge is -2.04. The van der Waals surface area contributed by atoms with Gasteiger partial charge in [-0.15, -0.1) is 0 Å². The van der Waals surface area contributed by atoms with Crippen LogP contribution in [0.5, 0.6) is 0 Å². The largest absolute Gasteiger partial charge is 0.342 e. The summed E-state index contributed by atoms with van der Waals surface area (Å²) in [6, 6.07) is 15.4. The highest BCUT2D eigenvalue weighted by molar-refractivity contribution is 6.31. The number of aromatic amines is 1. The SMILES string of the molecule is NN=C(Cc1nc2ccccc2[nH]1)c1cccc(Cl)c1. The van der Waals surface area contributed by atoms with Crippen LogP contribution < -0.4 is 5.84 Å². The number of imidazole rings is 1. The molecule has 3 rings (SSSR count). The molecule has 5 heteroatoms. The van der Waals surface area contributed by atoms with Crippen molar-refractivity contribution in [1.29, 1.82) is 0 Å². The van der Waals surface area contributed by atoms with Gasteiger partial charge in [-0.1, -0.05) is 35.9 Å². The van der Waals surface area contributed by atoms with Crippen molar-refractivity contribution in [3.05, 3.63) is 64.9 Å². The summed E-state index contributed by atoms with van der Waals surface area (Å²) in [5.74, 6) is 6.33. The Morgan fingerprint density at radius 2 is 2.05 bits per heavy atom. The molecule has 1 heterocycles. The molecule has 0 aliphatic rings. The van der Waals surface area contributed by atoms with Gasteiger partial charge < -0.3 is 10.8 Å². The zero-order valence-corrected chi connectivity index (χ0v) is 11.4. The second-order valence-corrected chi connectivity index (χ2v) is 4.90. The van der Waals surface area contributed by atoms with Crippen LogP contribution in [0.3, 0.4) is 0 Å². The highest BCUT2D eigenvalue weighted by Crippen LogP contribution is 2.15. The van der Waals surface area contributed by atoms with Gasteiger partial charge in [-0.25, -0.2) is 4.98 Å². The number of nitrogens with zero attached hydrogens (tertiary/aromatic N) is 2. The van der Waals surface area contributed by atoms with Gasteiger partial charge in [0.1, 0.15) is 5.82 Å². The molecule has 20 heavy (non-hydrogen) atoms. The van der Waals surface area contributed by atoms with E-state index in [1.54, 1.807) is 0 Å². The second-order valence-electron chi connectivity index (χ2n) is 4.46. The highest BCUT2D eigenvalue weighted by atomic mass is 35.5. The Morgan fingerprint density at radius 1 is 1.20 bits per heavy atom. The number of hydrazone groups is 1. The fraction of sp³-hybridized carbons (Fsp3) is 0.0667. The summed E-state index contributed by atoms with van der Waals surface area (Å²) >= 11 is 5.99. The Morgan fingerprint density at radius 3 is 2.80 bits per heavy atom. The van der Waals surface area contributed by atoms with Gasteiger partial charge in [0.2, 0.25) is 0 Å². The molecule has 1 aromatic heterocycles. The van der Waals surface area contributed by atoms with Gasteiger partial charge in [-0.3, -0.25) is 0 Å². The summed E-state index contributed by atoms with van der Waals surface area (Å²) in [4.78, 5) is 7.79. The van der Waals surface area contributed by atoms with Crippen LogP contribution in [0.25, 0.3) is 11.0 Å². The molecule has 0 saturated carbocycles. The van der Waals surface area contributed by atoms with Crippen molar-refractivity contribution in [2.45, 2.75) is 6.42 Å². The molecule has 0 amide bonds. The van der Waals surface area contributed by atoms with Gasteiger partial charge in [0, 0.05) is 5.02 Å². The lowest BCUT2D eigenvalue weighted by Crippen LogP contribution is -2.09. The zero-order valence-electron chi connectivity index (χ0n) is 10.7. The predicted molar refractivity (Wildman–Crippen MR) is 82.0 cm³/mol. The van der Waals surface area contributed by atoms with Crippen LogP contribution >= 0.6 is 11.6 Å². The lowest BCUT2D eigenvalue weighted by molar-refractivity contribution is 1.08. The van der Waals surface area contributed by atoms with Gasteiger partial charge in [-0.2, -0.15) is 5.10 Å². The third-order valence-electron chi connectivity index (χ3n) is 3.09. The van der Waals surface area contributed by atoms with Crippen LogP contribution in [-0.2, 0) is 6.42 Å². The van der Waals surface area contributed by atoms with Crippen molar-refractivity contribution in [1.82, 2.24) is 9.97 Å². The second kappa shape index (κ2) is 5.35. The molecule has 0 radical (unpaired) electrons. The molecule has 0 saturated heterocycles. The number of hydrogen-bond acceptors (Lipinski definition) is 3. The van der Waals surface area contributed by atoms with Gasteiger partial charge in [-0.05, 0) is 29.8 Å². The van der Waals surface area contributed by atoms with E-state index in [9.17, 15) is 0 Å². The minimum atomic E-state index is 0.533. The predicted octanol–water partition coefficient (Wildman–Crippen LogP) is 3.12. The Hall–Kier alpha value is -2.33. The molecule has 2 aromatic carbocycles. The van der Waals surface area contributed by atoms with E-state index in [4.69, 9.17) is 17.4 Å². The van der Waals surface area contributed by atoms with Crippen LogP contribution in [-0.4, -0.2) is 15.7 Å². The first kappa shape index (κ1) is 12.7. The van der Waals surface area contributed by atoms with E-state index >= 15 is 0 Å². The topological polar surface area (TPSA) is 67.1 Å². The van der Waals surface area contributed by atoms with Crippen molar-refractivity contribution < 1.29 is 0 Å². The van der Waals surface area contributed by atoms with E-state index in [-0.39, 0.29) is 0 Å². The molecule has 0 unspecified atom stereocenters. The van der Waals surface area contributed by atoms with Crippen LogP contribution in [0.2, 0.25) is 5.02 Å². The van der Waals surface area contributed by atoms with Gasteiger partial charge in [0.25, 0.3) is 0 Å². The van der Waals surface area contributed by atoms with E-state index in [0.29, 0.717) is 11.4 Å². The minimum absolute atomic E-state index is 0.533. The normalized spacial score (nSPS) is 11.9. The number of halogens is 1.